The molecule has 0 unspecified atom stereocenters. The van der Waals surface area contributed by atoms with Gasteiger partial charge < -0.3 is 4.98 Å². The summed E-state index contributed by atoms with van der Waals surface area (Å²) in [6, 6.07) is 19.5. The quantitative estimate of drug-likeness (QED) is 0.451. The smallest absolute Gasteiger partial charge is 0.286 e. The van der Waals surface area contributed by atoms with Crippen molar-refractivity contribution in [1.82, 2.24) is 15.8 Å². The molecule has 0 spiro atoms. The van der Waals surface area contributed by atoms with Crippen LogP contribution in [0.15, 0.2) is 77.4 Å². The highest BCUT2D eigenvalue weighted by Gasteiger charge is 2.07. The third kappa shape index (κ3) is 4.70. The predicted molar refractivity (Wildman–Crippen MR) is 105 cm³/mol. The van der Waals surface area contributed by atoms with Crippen molar-refractivity contribution in [1.29, 1.82) is 0 Å². The lowest BCUT2D eigenvalue weighted by Gasteiger charge is -2.04. The van der Waals surface area contributed by atoms with Crippen LogP contribution in [0.5, 0.6) is 0 Å². The minimum absolute atomic E-state index is 0.344. The van der Waals surface area contributed by atoms with E-state index in [1.807, 2.05) is 54.6 Å². The lowest BCUT2D eigenvalue weighted by atomic mass is 10.0. The van der Waals surface area contributed by atoms with Gasteiger partial charge in [0.05, 0.1) is 0 Å². The first-order chi connectivity index (χ1) is 12.6. The third-order valence-electron chi connectivity index (χ3n) is 3.61. The third-order valence-corrected chi connectivity index (χ3v) is 4.07. The molecule has 3 aromatic rings. The minimum Gasteiger partial charge on any atom is -0.356 e. The summed E-state index contributed by atoms with van der Waals surface area (Å²) in [6.45, 7) is 0. The number of aromatic nitrogens is 1. The van der Waals surface area contributed by atoms with Gasteiger partial charge in [0.15, 0.2) is 0 Å². The van der Waals surface area contributed by atoms with Crippen molar-refractivity contribution in [2.24, 2.45) is 0 Å². The van der Waals surface area contributed by atoms with Gasteiger partial charge in [0, 0.05) is 16.7 Å². The second-order valence-corrected chi connectivity index (χ2v) is 6.42. The Kier molecular flexibility index (Phi) is 5.66. The Balaban J connectivity index is 1.59. The molecule has 1 heterocycles. The van der Waals surface area contributed by atoms with Gasteiger partial charge >= 0.3 is 0 Å². The fraction of sp³-hybridized carbons (Fsp3) is 0. The first-order valence-electron chi connectivity index (χ1n) is 7.89. The van der Waals surface area contributed by atoms with Crippen LogP contribution in [0.3, 0.4) is 0 Å². The molecular formula is C20H16BrN3O2. The highest BCUT2D eigenvalue weighted by atomic mass is 79.9. The van der Waals surface area contributed by atoms with Crippen LogP contribution >= 0.6 is 15.9 Å². The monoisotopic (exact) mass is 409 g/mol. The molecule has 3 rings (SSSR count). The van der Waals surface area contributed by atoms with Crippen molar-refractivity contribution < 1.29 is 9.59 Å². The molecule has 2 aromatic carbocycles. The molecule has 0 radical (unpaired) electrons. The van der Waals surface area contributed by atoms with E-state index in [1.54, 1.807) is 18.3 Å². The topological polar surface area (TPSA) is 74.0 Å². The minimum atomic E-state index is -0.427. The molecule has 0 bridgehead atoms. The van der Waals surface area contributed by atoms with Gasteiger partial charge in [0.25, 0.3) is 11.8 Å². The van der Waals surface area contributed by atoms with Crippen LogP contribution in [0.25, 0.3) is 17.2 Å². The summed E-state index contributed by atoms with van der Waals surface area (Å²) < 4.78 is 0.757. The Labute approximate surface area is 159 Å². The molecule has 2 amide bonds. The average Bonchev–Trinajstić information content (AvgIpc) is 3.12. The van der Waals surface area contributed by atoms with Gasteiger partial charge in [-0.1, -0.05) is 48.5 Å². The van der Waals surface area contributed by atoms with Crippen LogP contribution in [0, 0.1) is 0 Å². The zero-order valence-corrected chi connectivity index (χ0v) is 15.3. The van der Waals surface area contributed by atoms with Crippen molar-refractivity contribution in [3.8, 4) is 11.1 Å². The molecule has 0 saturated heterocycles. The SMILES string of the molecule is O=C(/C=C/c1cccc(-c2ccccc2)c1)NNC(=O)c1cc(Br)c[nH]1. The van der Waals surface area contributed by atoms with Crippen LogP contribution < -0.4 is 10.9 Å². The molecule has 5 nitrogen and oxygen atoms in total. The van der Waals surface area contributed by atoms with Gasteiger partial charge in [-0.15, -0.1) is 0 Å². The van der Waals surface area contributed by atoms with Crippen LogP contribution in [0.2, 0.25) is 0 Å². The number of H-pyrrole nitrogens is 1. The summed E-state index contributed by atoms with van der Waals surface area (Å²) >= 11 is 3.24. The summed E-state index contributed by atoms with van der Waals surface area (Å²) in [5.74, 6) is -0.849. The summed E-state index contributed by atoms with van der Waals surface area (Å²) in [5, 5.41) is 0. The Bertz CT molecular complexity index is 948. The maximum atomic E-state index is 11.9. The van der Waals surface area contributed by atoms with E-state index in [9.17, 15) is 9.59 Å². The van der Waals surface area contributed by atoms with Crippen LogP contribution in [-0.2, 0) is 4.79 Å². The number of hydrazine groups is 1. The van der Waals surface area contributed by atoms with E-state index >= 15 is 0 Å². The van der Waals surface area contributed by atoms with E-state index in [1.165, 1.54) is 6.08 Å². The van der Waals surface area contributed by atoms with Crippen molar-refractivity contribution in [3.63, 3.8) is 0 Å². The van der Waals surface area contributed by atoms with Gasteiger partial charge in [-0.3, -0.25) is 20.4 Å². The normalized spacial score (nSPS) is 10.7. The molecule has 130 valence electrons. The Morgan fingerprint density at radius 1 is 0.923 bits per heavy atom. The lowest BCUT2D eigenvalue weighted by Crippen LogP contribution is -2.40. The fourth-order valence-electron chi connectivity index (χ4n) is 2.35. The van der Waals surface area contributed by atoms with E-state index in [-0.39, 0.29) is 0 Å². The Morgan fingerprint density at radius 3 is 2.42 bits per heavy atom. The maximum absolute atomic E-state index is 11.9. The predicted octanol–water partition coefficient (Wildman–Crippen LogP) is 3.92. The summed E-state index contributed by atoms with van der Waals surface area (Å²) in [7, 11) is 0. The van der Waals surface area contributed by atoms with Crippen LogP contribution in [-0.4, -0.2) is 16.8 Å². The number of nitrogens with one attached hydrogen (secondary N) is 3. The van der Waals surface area contributed by atoms with Crippen molar-refractivity contribution >= 4 is 33.8 Å². The molecule has 0 aliphatic carbocycles. The highest BCUT2D eigenvalue weighted by Crippen LogP contribution is 2.20. The molecule has 0 saturated carbocycles. The Morgan fingerprint density at radius 2 is 1.69 bits per heavy atom. The largest absolute Gasteiger partial charge is 0.356 e. The first kappa shape index (κ1) is 17.7. The number of rotatable bonds is 4. The summed E-state index contributed by atoms with van der Waals surface area (Å²) in [6.07, 6.45) is 4.70. The number of carbonyl (C=O) groups is 2. The van der Waals surface area contributed by atoms with Crippen molar-refractivity contribution in [2.75, 3.05) is 0 Å². The highest BCUT2D eigenvalue weighted by molar-refractivity contribution is 9.10. The second kappa shape index (κ2) is 8.31. The first-order valence-corrected chi connectivity index (χ1v) is 8.69. The fourth-order valence-corrected chi connectivity index (χ4v) is 2.69. The van der Waals surface area contributed by atoms with Gasteiger partial charge in [0.1, 0.15) is 5.69 Å². The van der Waals surface area contributed by atoms with Crippen LogP contribution in [0.4, 0.5) is 0 Å². The summed E-state index contributed by atoms with van der Waals surface area (Å²) in [4.78, 5) is 26.5. The van der Waals surface area contributed by atoms with Gasteiger partial charge in [-0.25, -0.2) is 0 Å². The average molecular weight is 410 g/mol. The number of carbonyl (C=O) groups excluding carboxylic acids is 2. The molecule has 0 aliphatic rings. The molecule has 3 N–H and O–H groups in total. The molecular weight excluding hydrogens is 394 g/mol. The maximum Gasteiger partial charge on any atom is 0.286 e. The molecule has 0 atom stereocenters. The molecule has 0 aliphatic heterocycles. The van der Waals surface area contributed by atoms with Gasteiger partial charge in [-0.05, 0) is 50.8 Å². The number of aromatic amines is 1. The number of amides is 2. The number of hydrogen-bond acceptors (Lipinski definition) is 2. The van der Waals surface area contributed by atoms with E-state index in [2.05, 4.69) is 31.8 Å². The van der Waals surface area contributed by atoms with E-state index in [4.69, 9.17) is 0 Å². The van der Waals surface area contributed by atoms with E-state index in [0.29, 0.717) is 5.69 Å². The molecule has 1 aromatic heterocycles. The van der Waals surface area contributed by atoms with Gasteiger partial charge in [0.2, 0.25) is 0 Å². The van der Waals surface area contributed by atoms with Gasteiger partial charge in [-0.2, -0.15) is 0 Å². The second-order valence-electron chi connectivity index (χ2n) is 5.50. The zero-order valence-electron chi connectivity index (χ0n) is 13.7. The van der Waals surface area contributed by atoms with E-state index in [0.717, 1.165) is 21.2 Å². The number of hydrogen-bond donors (Lipinski definition) is 3. The standard InChI is InChI=1S/C20H16BrN3O2/c21-17-12-18(22-13-17)20(26)24-23-19(25)10-9-14-5-4-8-16(11-14)15-6-2-1-3-7-15/h1-13,22H,(H,23,25)(H,24,26)/b10-9+. The molecule has 0 fully saturated rings. The summed E-state index contributed by atoms with van der Waals surface area (Å²) in [5.41, 5.74) is 8.10. The Hall–Kier alpha value is -3.12. The number of benzene rings is 2. The van der Waals surface area contributed by atoms with Crippen LogP contribution in [0.1, 0.15) is 16.1 Å². The van der Waals surface area contributed by atoms with Crippen molar-refractivity contribution in [2.45, 2.75) is 0 Å². The number of halogens is 1. The zero-order chi connectivity index (χ0) is 18.4. The molecule has 26 heavy (non-hydrogen) atoms. The van der Waals surface area contributed by atoms with Crippen molar-refractivity contribution in [3.05, 3.63) is 88.7 Å². The lowest BCUT2D eigenvalue weighted by molar-refractivity contribution is -0.117. The van der Waals surface area contributed by atoms with E-state index < -0.39 is 11.8 Å². The molecule has 6 heteroatoms.